The molecule has 0 aliphatic heterocycles. The molecule has 0 saturated heterocycles. The minimum absolute atomic E-state index is 0.00400. The molecule has 18 heavy (non-hydrogen) atoms. The maximum atomic E-state index is 11.5. The summed E-state index contributed by atoms with van der Waals surface area (Å²) < 4.78 is 4.32. The van der Waals surface area contributed by atoms with Gasteiger partial charge in [0.15, 0.2) is 0 Å². The summed E-state index contributed by atoms with van der Waals surface area (Å²) in [7, 11) is 1.08. The molecule has 0 atom stereocenters. The highest BCUT2D eigenvalue weighted by Gasteiger charge is 2.30. The topological polar surface area (TPSA) is 113 Å². The van der Waals surface area contributed by atoms with Gasteiger partial charge in [-0.3, -0.25) is 20.2 Å². The van der Waals surface area contributed by atoms with Gasteiger partial charge in [-0.05, 0) is 22.9 Å². The van der Waals surface area contributed by atoms with Crippen molar-refractivity contribution >= 4 is 33.3 Å². The number of nitro groups is 2. The molecular weight excluding hydrogens is 312 g/mol. The van der Waals surface area contributed by atoms with Crippen LogP contribution in [0.3, 0.4) is 0 Å². The van der Waals surface area contributed by atoms with Gasteiger partial charge in [-0.1, -0.05) is 0 Å². The van der Waals surface area contributed by atoms with Crippen LogP contribution in [0.1, 0.15) is 15.9 Å². The van der Waals surface area contributed by atoms with Crippen molar-refractivity contribution in [2.24, 2.45) is 0 Å². The van der Waals surface area contributed by atoms with Crippen molar-refractivity contribution < 1.29 is 19.4 Å². The monoisotopic (exact) mass is 318 g/mol. The fraction of sp³-hybridized carbons (Fsp3) is 0.222. The molecule has 0 aliphatic rings. The van der Waals surface area contributed by atoms with Crippen LogP contribution in [-0.4, -0.2) is 22.9 Å². The highest BCUT2D eigenvalue weighted by Crippen LogP contribution is 2.36. The molecule has 0 saturated carbocycles. The molecule has 0 unspecified atom stereocenters. The molecule has 0 bridgehead atoms. The third kappa shape index (κ3) is 2.30. The van der Waals surface area contributed by atoms with E-state index in [1.54, 1.807) is 0 Å². The summed E-state index contributed by atoms with van der Waals surface area (Å²) in [5.74, 6) is -0.883. The van der Waals surface area contributed by atoms with Crippen LogP contribution >= 0.6 is 15.9 Å². The SMILES string of the molecule is COC(=O)c1c(C)c([N+](=O)[O-])cc([N+](=O)[O-])c1Br. The molecule has 9 heteroatoms. The molecule has 8 nitrogen and oxygen atoms in total. The maximum Gasteiger partial charge on any atom is 0.339 e. The predicted octanol–water partition coefficient (Wildman–Crippen LogP) is 2.36. The molecule has 1 aromatic carbocycles. The van der Waals surface area contributed by atoms with Crippen LogP contribution in [-0.2, 0) is 4.74 Å². The third-order valence-corrected chi connectivity index (χ3v) is 3.06. The Labute approximate surface area is 109 Å². The second-order valence-electron chi connectivity index (χ2n) is 3.23. The highest BCUT2D eigenvalue weighted by molar-refractivity contribution is 9.10. The number of ether oxygens (including phenoxy) is 1. The van der Waals surface area contributed by atoms with Crippen LogP contribution in [0.2, 0.25) is 0 Å². The van der Waals surface area contributed by atoms with E-state index < -0.39 is 27.2 Å². The first-order valence-electron chi connectivity index (χ1n) is 4.51. The maximum absolute atomic E-state index is 11.5. The summed E-state index contributed by atoms with van der Waals surface area (Å²) in [6.45, 7) is 1.32. The summed E-state index contributed by atoms with van der Waals surface area (Å²) in [4.78, 5) is 31.5. The molecule has 0 N–H and O–H groups in total. The van der Waals surface area contributed by atoms with Crippen LogP contribution in [0.25, 0.3) is 0 Å². The number of carbonyl (C=O) groups is 1. The lowest BCUT2D eigenvalue weighted by Crippen LogP contribution is -2.09. The zero-order valence-corrected chi connectivity index (χ0v) is 10.9. The number of esters is 1. The molecule has 0 aliphatic carbocycles. The van der Waals surface area contributed by atoms with Gasteiger partial charge in [-0.2, -0.15) is 0 Å². The van der Waals surface area contributed by atoms with E-state index >= 15 is 0 Å². The van der Waals surface area contributed by atoms with E-state index in [0.29, 0.717) is 0 Å². The van der Waals surface area contributed by atoms with Crippen LogP contribution in [0.5, 0.6) is 0 Å². The van der Waals surface area contributed by atoms with Crippen molar-refractivity contribution in [1.29, 1.82) is 0 Å². The lowest BCUT2D eigenvalue weighted by molar-refractivity contribution is -0.395. The average Bonchev–Trinajstić information content (AvgIpc) is 2.27. The summed E-state index contributed by atoms with van der Waals surface area (Å²) >= 11 is 2.89. The van der Waals surface area contributed by atoms with Crippen LogP contribution in [0.15, 0.2) is 10.5 Å². The number of hydrogen-bond acceptors (Lipinski definition) is 6. The van der Waals surface area contributed by atoms with E-state index in [4.69, 9.17) is 0 Å². The molecule has 0 amide bonds. The van der Waals surface area contributed by atoms with Gasteiger partial charge in [0.2, 0.25) is 0 Å². The summed E-state index contributed by atoms with van der Waals surface area (Å²) in [5.41, 5.74) is -1.29. The standard InChI is InChI=1S/C9H7BrN2O6/c1-4-5(11(14)15)3-6(12(16)17)8(10)7(4)9(13)18-2/h3H,1-2H3. The van der Waals surface area contributed by atoms with Crippen molar-refractivity contribution in [2.75, 3.05) is 7.11 Å². The average molecular weight is 319 g/mol. The number of nitro benzene ring substituents is 2. The zero-order valence-electron chi connectivity index (χ0n) is 9.30. The lowest BCUT2D eigenvalue weighted by Gasteiger charge is -2.07. The van der Waals surface area contributed by atoms with Crippen molar-refractivity contribution in [2.45, 2.75) is 6.92 Å². The minimum atomic E-state index is -0.883. The minimum Gasteiger partial charge on any atom is -0.465 e. The fourth-order valence-corrected chi connectivity index (χ4v) is 2.11. The number of carbonyl (C=O) groups excluding carboxylic acids is 1. The van der Waals surface area contributed by atoms with E-state index in [-0.39, 0.29) is 15.6 Å². The van der Waals surface area contributed by atoms with Gasteiger partial charge in [0, 0.05) is 5.56 Å². The van der Waals surface area contributed by atoms with Crippen molar-refractivity contribution in [3.05, 3.63) is 41.9 Å². The highest BCUT2D eigenvalue weighted by atomic mass is 79.9. The van der Waals surface area contributed by atoms with Gasteiger partial charge in [0.25, 0.3) is 11.4 Å². The fourth-order valence-electron chi connectivity index (χ4n) is 1.39. The van der Waals surface area contributed by atoms with Crippen LogP contribution in [0, 0.1) is 27.2 Å². The molecule has 0 heterocycles. The van der Waals surface area contributed by atoms with E-state index in [1.807, 2.05) is 0 Å². The molecule has 0 radical (unpaired) electrons. The third-order valence-electron chi connectivity index (χ3n) is 2.26. The second kappa shape index (κ2) is 5.08. The Balaban J connectivity index is 3.73. The zero-order chi connectivity index (χ0) is 14.0. The van der Waals surface area contributed by atoms with Crippen molar-refractivity contribution in [1.82, 2.24) is 0 Å². The number of hydrogen-bond donors (Lipinski definition) is 0. The number of halogens is 1. The van der Waals surface area contributed by atoms with Crippen molar-refractivity contribution in [3.63, 3.8) is 0 Å². The van der Waals surface area contributed by atoms with Crippen LogP contribution < -0.4 is 0 Å². The molecule has 0 aromatic heterocycles. The van der Waals surface area contributed by atoms with E-state index in [9.17, 15) is 25.0 Å². The normalized spacial score (nSPS) is 9.94. The van der Waals surface area contributed by atoms with Crippen LogP contribution in [0.4, 0.5) is 11.4 Å². The van der Waals surface area contributed by atoms with E-state index in [1.165, 1.54) is 6.92 Å². The largest absolute Gasteiger partial charge is 0.465 e. The van der Waals surface area contributed by atoms with E-state index in [0.717, 1.165) is 13.2 Å². The van der Waals surface area contributed by atoms with Crippen molar-refractivity contribution in [3.8, 4) is 0 Å². The predicted molar refractivity (Wildman–Crippen MR) is 63.5 cm³/mol. The second-order valence-corrected chi connectivity index (χ2v) is 4.03. The van der Waals surface area contributed by atoms with Gasteiger partial charge >= 0.3 is 5.97 Å². The Morgan fingerprint density at radius 3 is 2.17 bits per heavy atom. The van der Waals surface area contributed by atoms with Gasteiger partial charge in [0.1, 0.15) is 4.47 Å². The van der Waals surface area contributed by atoms with Gasteiger partial charge < -0.3 is 4.74 Å². The first-order chi connectivity index (χ1) is 8.31. The van der Waals surface area contributed by atoms with Gasteiger partial charge in [0.05, 0.1) is 28.6 Å². The molecule has 1 rings (SSSR count). The Morgan fingerprint density at radius 1 is 1.28 bits per heavy atom. The number of methoxy groups -OCH3 is 1. The quantitative estimate of drug-likeness (QED) is 0.480. The summed E-state index contributed by atoms with van der Waals surface area (Å²) in [6, 6.07) is 0.797. The van der Waals surface area contributed by atoms with E-state index in [2.05, 4.69) is 20.7 Å². The molecule has 96 valence electrons. The Kier molecular flexibility index (Phi) is 3.96. The summed E-state index contributed by atoms with van der Waals surface area (Å²) in [5, 5.41) is 21.6. The number of nitrogens with zero attached hydrogens (tertiary/aromatic N) is 2. The molecule has 0 fully saturated rings. The molecule has 0 spiro atoms. The Bertz CT molecular complexity index is 518. The first-order valence-corrected chi connectivity index (χ1v) is 5.30. The molecule has 1 aromatic rings. The summed E-state index contributed by atoms with van der Waals surface area (Å²) in [6.07, 6.45) is 0. The van der Waals surface area contributed by atoms with Gasteiger partial charge in [-0.25, -0.2) is 4.79 Å². The number of benzene rings is 1. The Hall–Kier alpha value is -2.03. The lowest BCUT2D eigenvalue weighted by atomic mass is 10.1. The first kappa shape index (κ1) is 14.0. The smallest absolute Gasteiger partial charge is 0.339 e. The Morgan fingerprint density at radius 2 is 1.78 bits per heavy atom. The number of rotatable bonds is 3. The van der Waals surface area contributed by atoms with Gasteiger partial charge in [-0.15, -0.1) is 0 Å². The molecular formula is C9H7BrN2O6.